The van der Waals surface area contributed by atoms with Crippen LogP contribution in [0.2, 0.25) is 0 Å². The Balaban J connectivity index is 1.84. The molecule has 4 nitrogen and oxygen atoms in total. The molecule has 0 bridgehead atoms. The fraction of sp³-hybridized carbons (Fsp3) is 0.440. The van der Waals surface area contributed by atoms with Gasteiger partial charge in [-0.1, -0.05) is 87.6 Å². The van der Waals surface area contributed by atoms with Crippen LogP contribution in [0.1, 0.15) is 61.4 Å². The van der Waals surface area contributed by atoms with E-state index >= 15 is 0 Å². The number of unbranched alkanes of at least 4 members (excludes halogenated alkanes) is 5. The van der Waals surface area contributed by atoms with Crippen LogP contribution in [0, 0.1) is 0 Å². The van der Waals surface area contributed by atoms with Gasteiger partial charge in [-0.25, -0.2) is 4.79 Å². The van der Waals surface area contributed by atoms with Gasteiger partial charge < -0.3 is 10.1 Å². The van der Waals surface area contributed by atoms with Crippen LogP contribution >= 0.6 is 11.8 Å². The second-order valence-corrected chi connectivity index (χ2v) is 8.36. The lowest BCUT2D eigenvalue weighted by molar-refractivity contribution is -0.145. The number of rotatable bonds is 14. The van der Waals surface area contributed by atoms with Crippen LogP contribution in [0.15, 0.2) is 60.7 Å². The highest BCUT2D eigenvalue weighted by atomic mass is 32.2. The van der Waals surface area contributed by atoms with Crippen LogP contribution in [0.5, 0.6) is 0 Å². The van der Waals surface area contributed by atoms with Gasteiger partial charge in [0.1, 0.15) is 6.04 Å². The van der Waals surface area contributed by atoms with Gasteiger partial charge in [-0.3, -0.25) is 4.79 Å². The molecular weight excluding hydrogens is 394 g/mol. The van der Waals surface area contributed by atoms with Gasteiger partial charge in [0.25, 0.3) is 5.91 Å². The number of carbonyl (C=O) groups excluding carboxylic acids is 2. The van der Waals surface area contributed by atoms with Crippen LogP contribution in [-0.4, -0.2) is 30.3 Å². The number of amides is 1. The van der Waals surface area contributed by atoms with Gasteiger partial charge >= 0.3 is 5.97 Å². The summed E-state index contributed by atoms with van der Waals surface area (Å²) in [6.45, 7) is 2.60. The number of carbonyl (C=O) groups is 2. The molecule has 0 fully saturated rings. The molecule has 0 heterocycles. The number of esters is 1. The normalized spacial score (nSPS) is 11.6. The van der Waals surface area contributed by atoms with Gasteiger partial charge in [-0.05, 0) is 24.1 Å². The first kappa shape index (κ1) is 24.0. The van der Waals surface area contributed by atoms with Crippen LogP contribution in [0.4, 0.5) is 0 Å². The molecule has 1 N–H and O–H groups in total. The van der Waals surface area contributed by atoms with E-state index in [1.165, 1.54) is 31.2 Å². The van der Waals surface area contributed by atoms with Crippen molar-refractivity contribution >= 4 is 23.6 Å². The van der Waals surface area contributed by atoms with Crippen LogP contribution in [0.3, 0.4) is 0 Å². The summed E-state index contributed by atoms with van der Waals surface area (Å²) in [5, 5.41) is 2.85. The maximum absolute atomic E-state index is 12.6. The van der Waals surface area contributed by atoms with E-state index in [1.54, 1.807) is 23.9 Å². The average molecular weight is 428 g/mol. The fourth-order valence-corrected chi connectivity index (χ4v) is 4.03. The summed E-state index contributed by atoms with van der Waals surface area (Å²) in [4.78, 5) is 25.2. The Hall–Kier alpha value is -2.27. The second kappa shape index (κ2) is 14.7. The van der Waals surface area contributed by atoms with Gasteiger partial charge in [0.05, 0.1) is 6.61 Å². The van der Waals surface area contributed by atoms with Gasteiger partial charge in [-0.15, -0.1) is 0 Å². The third-order valence-electron chi connectivity index (χ3n) is 4.76. The third-order valence-corrected chi connectivity index (χ3v) is 5.87. The second-order valence-electron chi connectivity index (χ2n) is 7.33. The standard InChI is InChI=1S/C25H33NO3S/c1-2-3-4-5-6-13-18-29-25(28)23(20-30-19-21-14-9-7-10-15-21)26-24(27)22-16-11-8-12-17-22/h7-12,14-17,23H,2-6,13,18-20H2,1H3,(H,26,27)/t23-/m0/s1. The molecule has 1 amide bonds. The van der Waals surface area contributed by atoms with Crippen LogP contribution < -0.4 is 5.32 Å². The maximum atomic E-state index is 12.6. The number of hydrogen-bond donors (Lipinski definition) is 1. The SMILES string of the molecule is CCCCCCCCOC(=O)[C@H](CSCc1ccccc1)NC(=O)c1ccccc1. The Labute approximate surface area is 184 Å². The topological polar surface area (TPSA) is 55.4 Å². The molecule has 1 atom stereocenters. The molecule has 2 rings (SSSR count). The van der Waals surface area contributed by atoms with E-state index in [1.807, 2.05) is 36.4 Å². The lowest BCUT2D eigenvalue weighted by Gasteiger charge is -2.18. The van der Waals surface area contributed by atoms with Crippen molar-refractivity contribution in [3.63, 3.8) is 0 Å². The van der Waals surface area contributed by atoms with E-state index in [9.17, 15) is 9.59 Å². The van der Waals surface area contributed by atoms with Gasteiger partial charge in [-0.2, -0.15) is 11.8 Å². The lowest BCUT2D eigenvalue weighted by atomic mass is 10.1. The molecule has 0 saturated carbocycles. The van der Waals surface area contributed by atoms with Crippen molar-refractivity contribution in [1.82, 2.24) is 5.32 Å². The van der Waals surface area contributed by atoms with Gasteiger partial charge in [0, 0.05) is 17.1 Å². The van der Waals surface area contributed by atoms with E-state index in [0.29, 0.717) is 17.9 Å². The van der Waals surface area contributed by atoms with E-state index in [-0.39, 0.29) is 11.9 Å². The molecule has 162 valence electrons. The number of nitrogens with one attached hydrogen (secondary N) is 1. The Kier molecular flexibility index (Phi) is 11.7. The average Bonchev–Trinajstić information content (AvgIpc) is 2.79. The highest BCUT2D eigenvalue weighted by molar-refractivity contribution is 7.98. The number of ether oxygens (including phenoxy) is 1. The van der Waals surface area contributed by atoms with Crippen molar-refractivity contribution in [1.29, 1.82) is 0 Å². The van der Waals surface area contributed by atoms with Crippen molar-refractivity contribution in [2.45, 2.75) is 57.2 Å². The predicted molar refractivity (Wildman–Crippen MR) is 125 cm³/mol. The largest absolute Gasteiger partial charge is 0.464 e. The molecule has 2 aromatic carbocycles. The van der Waals surface area contributed by atoms with Gasteiger partial charge in [0.2, 0.25) is 0 Å². The quantitative estimate of drug-likeness (QED) is 0.314. The molecular formula is C25H33NO3S. The fourth-order valence-electron chi connectivity index (χ4n) is 3.02. The zero-order valence-electron chi connectivity index (χ0n) is 17.8. The summed E-state index contributed by atoms with van der Waals surface area (Å²) in [7, 11) is 0. The zero-order chi connectivity index (χ0) is 21.4. The summed E-state index contributed by atoms with van der Waals surface area (Å²) in [6.07, 6.45) is 6.82. The minimum absolute atomic E-state index is 0.252. The molecule has 0 spiro atoms. The van der Waals surface area contributed by atoms with Crippen molar-refractivity contribution in [2.24, 2.45) is 0 Å². The minimum atomic E-state index is -0.661. The summed E-state index contributed by atoms with van der Waals surface area (Å²) in [6, 6.07) is 18.4. The highest BCUT2D eigenvalue weighted by Crippen LogP contribution is 2.14. The Bertz CT molecular complexity index is 737. The maximum Gasteiger partial charge on any atom is 0.329 e. The highest BCUT2D eigenvalue weighted by Gasteiger charge is 2.23. The Morgan fingerprint density at radius 1 is 0.900 bits per heavy atom. The lowest BCUT2D eigenvalue weighted by Crippen LogP contribution is -2.43. The molecule has 2 aromatic rings. The first-order chi connectivity index (χ1) is 14.7. The number of benzene rings is 2. The van der Waals surface area contributed by atoms with E-state index in [4.69, 9.17) is 4.74 Å². The monoisotopic (exact) mass is 427 g/mol. The number of hydrogen-bond acceptors (Lipinski definition) is 4. The summed E-state index contributed by atoms with van der Waals surface area (Å²) >= 11 is 1.62. The van der Waals surface area contributed by atoms with Gasteiger partial charge in [0.15, 0.2) is 0 Å². The van der Waals surface area contributed by atoms with E-state index in [0.717, 1.165) is 18.6 Å². The Morgan fingerprint density at radius 2 is 1.53 bits per heavy atom. The minimum Gasteiger partial charge on any atom is -0.464 e. The molecule has 0 aromatic heterocycles. The molecule has 0 radical (unpaired) electrons. The van der Waals surface area contributed by atoms with Crippen LogP contribution in [-0.2, 0) is 15.3 Å². The first-order valence-electron chi connectivity index (χ1n) is 10.8. The molecule has 0 saturated heterocycles. The van der Waals surface area contributed by atoms with Crippen molar-refractivity contribution in [3.05, 3.63) is 71.8 Å². The predicted octanol–water partition coefficient (Wildman–Crippen LogP) is 5.62. The van der Waals surface area contributed by atoms with E-state index < -0.39 is 6.04 Å². The smallest absolute Gasteiger partial charge is 0.329 e. The van der Waals surface area contributed by atoms with Crippen molar-refractivity contribution in [2.75, 3.05) is 12.4 Å². The van der Waals surface area contributed by atoms with Crippen molar-refractivity contribution < 1.29 is 14.3 Å². The third kappa shape index (κ3) is 9.49. The molecule has 0 aliphatic carbocycles. The molecule has 0 aliphatic heterocycles. The molecule has 30 heavy (non-hydrogen) atoms. The zero-order valence-corrected chi connectivity index (χ0v) is 18.7. The van der Waals surface area contributed by atoms with Crippen molar-refractivity contribution in [3.8, 4) is 0 Å². The molecule has 5 heteroatoms. The van der Waals surface area contributed by atoms with Crippen LogP contribution in [0.25, 0.3) is 0 Å². The number of thioether (sulfide) groups is 1. The summed E-state index contributed by atoms with van der Waals surface area (Å²) in [5.74, 6) is 0.650. The molecule has 0 aliphatic rings. The first-order valence-corrected chi connectivity index (χ1v) is 12.0. The summed E-state index contributed by atoms with van der Waals surface area (Å²) < 4.78 is 5.48. The van der Waals surface area contributed by atoms with E-state index in [2.05, 4.69) is 24.4 Å². The Morgan fingerprint density at radius 3 is 2.23 bits per heavy atom. The molecule has 0 unspecified atom stereocenters. The summed E-state index contributed by atoms with van der Waals surface area (Å²) in [5.41, 5.74) is 1.73.